The van der Waals surface area contributed by atoms with Crippen LogP contribution >= 0.6 is 0 Å². The van der Waals surface area contributed by atoms with Crippen LogP contribution in [0, 0.1) is 5.82 Å². The second-order valence-electron chi connectivity index (χ2n) is 7.43. The Labute approximate surface area is 173 Å². The highest BCUT2D eigenvalue weighted by molar-refractivity contribution is 5.95. The molecule has 0 radical (unpaired) electrons. The summed E-state index contributed by atoms with van der Waals surface area (Å²) in [6.45, 7) is 2.79. The molecule has 1 saturated carbocycles. The van der Waals surface area contributed by atoms with E-state index in [1.54, 1.807) is 25.1 Å². The van der Waals surface area contributed by atoms with Crippen LogP contribution in [0.1, 0.15) is 37.1 Å². The molecule has 2 heterocycles. The minimum Gasteiger partial charge on any atom is -0.467 e. The molecule has 0 saturated heterocycles. The highest BCUT2D eigenvalue weighted by atomic mass is 19.1. The maximum absolute atomic E-state index is 13.6. The van der Waals surface area contributed by atoms with Gasteiger partial charge in [0.2, 0.25) is 0 Å². The van der Waals surface area contributed by atoms with Crippen molar-refractivity contribution in [1.82, 2.24) is 15.5 Å². The fraction of sp³-hybridized carbons (Fsp3) is 0.364. The van der Waals surface area contributed by atoms with Crippen LogP contribution in [0.5, 0.6) is 0 Å². The van der Waals surface area contributed by atoms with Gasteiger partial charge in [0, 0.05) is 24.8 Å². The molecule has 1 atom stereocenters. The van der Waals surface area contributed by atoms with Crippen LogP contribution in [-0.4, -0.2) is 36.1 Å². The molecule has 30 heavy (non-hydrogen) atoms. The molecule has 1 aliphatic carbocycles. The minimum absolute atomic E-state index is 0.212. The Bertz CT molecular complexity index is 953. The summed E-state index contributed by atoms with van der Waals surface area (Å²) in [5.74, 6) is -0.348. The molecular weight excluding hydrogens is 389 g/mol. The Morgan fingerprint density at radius 3 is 2.77 bits per heavy atom. The zero-order valence-electron chi connectivity index (χ0n) is 16.7. The van der Waals surface area contributed by atoms with Gasteiger partial charge in [-0.05, 0) is 49.6 Å². The molecule has 0 spiro atoms. The summed E-state index contributed by atoms with van der Waals surface area (Å²) in [4.78, 5) is 27.3. The summed E-state index contributed by atoms with van der Waals surface area (Å²) in [6, 6.07) is 9.03. The summed E-state index contributed by atoms with van der Waals surface area (Å²) < 4.78 is 24.4. The quantitative estimate of drug-likeness (QED) is 0.649. The van der Waals surface area contributed by atoms with Crippen molar-refractivity contribution >= 4 is 12.0 Å². The van der Waals surface area contributed by atoms with E-state index in [0.29, 0.717) is 36.2 Å². The van der Waals surface area contributed by atoms with Crippen LogP contribution in [-0.2, 0) is 16.1 Å². The van der Waals surface area contributed by atoms with Gasteiger partial charge in [-0.1, -0.05) is 12.1 Å². The number of halogens is 1. The number of nitrogens with one attached hydrogen (secondary N) is 2. The van der Waals surface area contributed by atoms with Gasteiger partial charge in [-0.25, -0.2) is 14.0 Å². The zero-order valence-corrected chi connectivity index (χ0v) is 16.7. The van der Waals surface area contributed by atoms with E-state index in [2.05, 4.69) is 15.5 Å². The van der Waals surface area contributed by atoms with Crippen LogP contribution in [0.3, 0.4) is 0 Å². The number of hydrogen-bond acceptors (Lipinski definition) is 5. The van der Waals surface area contributed by atoms with E-state index in [1.807, 2.05) is 6.07 Å². The number of amides is 2. The Hall–Kier alpha value is -3.13. The largest absolute Gasteiger partial charge is 0.467 e. The Morgan fingerprint density at radius 2 is 2.10 bits per heavy atom. The number of rotatable bonds is 8. The molecule has 158 valence electrons. The predicted octanol–water partition coefficient (Wildman–Crippen LogP) is 3.25. The minimum atomic E-state index is -0.738. The Kier molecular flexibility index (Phi) is 5.85. The van der Waals surface area contributed by atoms with Crippen molar-refractivity contribution in [2.45, 2.75) is 38.4 Å². The number of ether oxygens (including phenoxy) is 1. The second kappa shape index (κ2) is 8.71. The maximum atomic E-state index is 13.6. The van der Waals surface area contributed by atoms with E-state index in [0.717, 1.165) is 18.4 Å². The molecule has 1 fully saturated rings. The summed E-state index contributed by atoms with van der Waals surface area (Å²) in [5, 5.41) is 5.52. The molecule has 1 unspecified atom stereocenters. The number of esters is 1. The third-order valence-corrected chi connectivity index (χ3v) is 5.18. The number of carbonyl (C=O) groups excluding carboxylic acids is 2. The lowest BCUT2D eigenvalue weighted by molar-refractivity contribution is -0.139. The third kappa shape index (κ3) is 4.54. The average Bonchev–Trinajstić information content (AvgIpc) is 3.41. The van der Waals surface area contributed by atoms with E-state index < -0.39 is 18.0 Å². The second-order valence-corrected chi connectivity index (χ2v) is 7.43. The van der Waals surface area contributed by atoms with Gasteiger partial charge in [0.05, 0.1) is 18.4 Å². The number of benzene rings is 1. The topological polar surface area (TPSA) is 83.8 Å². The van der Waals surface area contributed by atoms with Crippen molar-refractivity contribution < 1.29 is 23.1 Å². The number of hydrogen-bond donors (Lipinski definition) is 2. The van der Waals surface area contributed by atoms with Crippen LogP contribution < -0.4 is 10.6 Å². The van der Waals surface area contributed by atoms with Gasteiger partial charge in [0.1, 0.15) is 17.6 Å². The van der Waals surface area contributed by atoms with Gasteiger partial charge in [0.15, 0.2) is 0 Å². The van der Waals surface area contributed by atoms with Crippen molar-refractivity contribution in [3.63, 3.8) is 0 Å². The van der Waals surface area contributed by atoms with Gasteiger partial charge in [-0.3, -0.25) is 4.90 Å². The molecular formula is C22H24FN3O4. The van der Waals surface area contributed by atoms with Crippen molar-refractivity contribution in [1.29, 1.82) is 0 Å². The lowest BCUT2D eigenvalue weighted by Crippen LogP contribution is -2.48. The van der Waals surface area contributed by atoms with E-state index in [-0.39, 0.29) is 12.4 Å². The molecule has 1 aromatic heterocycles. The normalized spacial score (nSPS) is 18.9. The van der Waals surface area contributed by atoms with E-state index in [4.69, 9.17) is 9.15 Å². The number of nitrogens with zero attached hydrogens (tertiary/aromatic N) is 1. The summed E-state index contributed by atoms with van der Waals surface area (Å²) >= 11 is 0. The lowest BCUT2D eigenvalue weighted by Gasteiger charge is -2.31. The van der Waals surface area contributed by atoms with Crippen LogP contribution in [0.25, 0.3) is 0 Å². The first kappa shape index (κ1) is 20.2. The molecule has 2 aromatic rings. The third-order valence-electron chi connectivity index (χ3n) is 5.18. The van der Waals surface area contributed by atoms with E-state index >= 15 is 0 Å². The lowest BCUT2D eigenvalue weighted by atomic mass is 9.99. The number of furan rings is 1. The standard InChI is InChI=1S/C22H24FN3O4/c1-2-29-21(27)19-17(24-22(28)25-20(19)18-7-4-10-30-18)13-26(16-8-9-16)12-14-5-3-6-15(23)11-14/h3-7,10-11,16,20H,2,8-9,12-13H2,1H3,(H2,24,25,28). The first-order valence-corrected chi connectivity index (χ1v) is 10.0. The first-order valence-electron chi connectivity index (χ1n) is 10.0. The van der Waals surface area contributed by atoms with Gasteiger partial charge in [0.25, 0.3) is 0 Å². The highest BCUT2D eigenvalue weighted by Gasteiger charge is 2.37. The molecule has 1 aromatic carbocycles. The first-order chi connectivity index (χ1) is 14.5. The maximum Gasteiger partial charge on any atom is 0.338 e. The van der Waals surface area contributed by atoms with Crippen molar-refractivity contribution in [2.24, 2.45) is 0 Å². The van der Waals surface area contributed by atoms with Gasteiger partial charge in [-0.15, -0.1) is 0 Å². The zero-order chi connectivity index (χ0) is 21.1. The molecule has 4 rings (SSSR count). The molecule has 1 aliphatic heterocycles. The molecule has 2 N–H and O–H groups in total. The summed E-state index contributed by atoms with van der Waals surface area (Å²) in [6.07, 6.45) is 3.53. The van der Waals surface area contributed by atoms with Crippen molar-refractivity contribution in [3.8, 4) is 0 Å². The average molecular weight is 413 g/mol. The van der Waals surface area contributed by atoms with E-state index in [1.165, 1.54) is 18.4 Å². The molecule has 2 amide bonds. The van der Waals surface area contributed by atoms with Crippen LogP contribution in [0.2, 0.25) is 0 Å². The van der Waals surface area contributed by atoms with Crippen LogP contribution in [0.15, 0.2) is 58.3 Å². The summed E-state index contributed by atoms with van der Waals surface area (Å²) in [5.41, 5.74) is 1.63. The van der Waals surface area contributed by atoms with Crippen molar-refractivity contribution in [3.05, 3.63) is 71.1 Å². The van der Waals surface area contributed by atoms with Crippen molar-refractivity contribution in [2.75, 3.05) is 13.2 Å². The fourth-order valence-electron chi connectivity index (χ4n) is 3.69. The van der Waals surface area contributed by atoms with Gasteiger partial charge < -0.3 is 19.8 Å². The SMILES string of the molecule is CCOC(=O)C1=C(CN(Cc2cccc(F)c2)C2CC2)NC(=O)NC1c1ccco1. The van der Waals surface area contributed by atoms with Gasteiger partial charge >= 0.3 is 12.0 Å². The summed E-state index contributed by atoms with van der Waals surface area (Å²) in [7, 11) is 0. The highest BCUT2D eigenvalue weighted by Crippen LogP contribution is 2.32. The molecule has 7 nitrogen and oxygen atoms in total. The molecule has 2 aliphatic rings. The van der Waals surface area contributed by atoms with E-state index in [9.17, 15) is 14.0 Å². The smallest absolute Gasteiger partial charge is 0.338 e. The Morgan fingerprint density at radius 1 is 1.27 bits per heavy atom. The monoisotopic (exact) mass is 413 g/mol. The molecule has 8 heteroatoms. The predicted molar refractivity (Wildman–Crippen MR) is 107 cm³/mol. The van der Waals surface area contributed by atoms with Crippen LogP contribution in [0.4, 0.5) is 9.18 Å². The number of urea groups is 1. The fourth-order valence-corrected chi connectivity index (χ4v) is 3.69. The molecule has 0 bridgehead atoms. The Balaban J connectivity index is 1.66. The van der Waals surface area contributed by atoms with Gasteiger partial charge in [-0.2, -0.15) is 0 Å². The number of carbonyl (C=O) groups is 2.